The predicted molar refractivity (Wildman–Crippen MR) is 63.0 cm³/mol. The number of halogens is 3. The molecule has 0 saturated heterocycles. The van der Waals surface area contributed by atoms with E-state index in [-0.39, 0.29) is 0 Å². The molecule has 1 rings (SSSR count). The maximum absolute atomic E-state index is 12.7. The minimum atomic E-state index is -4.41. The summed E-state index contributed by atoms with van der Waals surface area (Å²) in [5, 5.41) is -0.823. The van der Waals surface area contributed by atoms with Gasteiger partial charge in [-0.1, -0.05) is 20.8 Å². The summed E-state index contributed by atoms with van der Waals surface area (Å²) in [6.07, 6.45) is -4.41. The second-order valence-corrected chi connectivity index (χ2v) is 6.67. The lowest BCUT2D eigenvalue weighted by atomic mass is 9.87. The summed E-state index contributed by atoms with van der Waals surface area (Å²) in [4.78, 5) is 4.23. The molecule has 0 spiro atoms. The van der Waals surface area contributed by atoms with E-state index in [9.17, 15) is 13.2 Å². The van der Waals surface area contributed by atoms with Gasteiger partial charge in [0.05, 0.1) is 5.69 Å². The largest absolute Gasteiger partial charge is 0.443 e. The normalized spacial score (nSPS) is 14.2. The molecule has 2 nitrogen and oxygen atoms in total. The number of nitrogens with zero attached hydrogens (tertiary/aromatic N) is 1. The Balaban J connectivity index is 3.44. The lowest BCUT2D eigenvalue weighted by Crippen LogP contribution is -2.31. The van der Waals surface area contributed by atoms with E-state index >= 15 is 0 Å². The molecule has 0 aliphatic carbocycles. The number of nitrogens with two attached hydrogens (primary N) is 1. The van der Waals surface area contributed by atoms with Gasteiger partial charge in [-0.25, -0.2) is 4.98 Å². The Morgan fingerprint density at radius 2 is 1.53 bits per heavy atom. The van der Waals surface area contributed by atoms with Gasteiger partial charge in [0.25, 0.3) is 0 Å². The SMILES string of the molecule is CC(C)(C)c1nc(C(F)(F)F)sc1C(C)(C)N. The Morgan fingerprint density at radius 1 is 1.06 bits per heavy atom. The molecule has 0 aromatic carbocycles. The molecule has 0 amide bonds. The van der Waals surface area contributed by atoms with E-state index in [0.29, 0.717) is 21.9 Å². The highest BCUT2D eigenvalue weighted by atomic mass is 32.1. The molecular weight excluding hydrogens is 249 g/mol. The monoisotopic (exact) mass is 266 g/mol. The first kappa shape index (κ1) is 14.4. The van der Waals surface area contributed by atoms with Crippen LogP contribution in [0.1, 0.15) is 50.2 Å². The minimum Gasteiger partial charge on any atom is -0.321 e. The maximum atomic E-state index is 12.7. The van der Waals surface area contributed by atoms with Gasteiger partial charge in [-0.05, 0) is 13.8 Å². The number of hydrogen-bond acceptors (Lipinski definition) is 3. The fourth-order valence-electron chi connectivity index (χ4n) is 1.39. The van der Waals surface area contributed by atoms with Crippen molar-refractivity contribution in [2.75, 3.05) is 0 Å². The molecule has 2 N–H and O–H groups in total. The molecule has 1 aromatic heterocycles. The van der Waals surface area contributed by atoms with Gasteiger partial charge in [0.1, 0.15) is 0 Å². The summed E-state index contributed by atoms with van der Waals surface area (Å²) in [5.41, 5.74) is 5.08. The Bertz CT molecular complexity index is 376. The Hall–Kier alpha value is -0.620. The molecule has 1 aromatic rings. The van der Waals surface area contributed by atoms with Gasteiger partial charge in [-0.15, -0.1) is 11.3 Å². The third kappa shape index (κ3) is 3.19. The highest BCUT2D eigenvalue weighted by molar-refractivity contribution is 7.12. The van der Waals surface area contributed by atoms with Crippen molar-refractivity contribution in [1.82, 2.24) is 4.98 Å². The van der Waals surface area contributed by atoms with Gasteiger partial charge in [-0.2, -0.15) is 13.2 Å². The molecule has 0 aliphatic rings. The summed E-state index contributed by atoms with van der Waals surface area (Å²) in [7, 11) is 0. The maximum Gasteiger partial charge on any atom is 0.443 e. The van der Waals surface area contributed by atoms with Crippen LogP contribution >= 0.6 is 11.3 Å². The molecule has 1 heterocycles. The van der Waals surface area contributed by atoms with Gasteiger partial charge in [0.2, 0.25) is 0 Å². The summed E-state index contributed by atoms with van der Waals surface area (Å²) < 4.78 is 38.0. The average molecular weight is 266 g/mol. The first-order chi connectivity index (χ1) is 7.33. The fourth-order valence-corrected chi connectivity index (χ4v) is 2.54. The van der Waals surface area contributed by atoms with Crippen LogP contribution in [0, 0.1) is 0 Å². The standard InChI is InChI=1S/C11H17F3N2S/c1-9(2,3)6-7(10(4,5)15)17-8(16-6)11(12,13)14/h15H2,1-5H3. The van der Waals surface area contributed by atoms with E-state index in [4.69, 9.17) is 5.73 Å². The zero-order chi connectivity index (χ0) is 13.6. The second kappa shape index (κ2) is 3.95. The van der Waals surface area contributed by atoms with Crippen LogP contribution in [0.15, 0.2) is 0 Å². The van der Waals surface area contributed by atoms with Gasteiger partial charge >= 0.3 is 6.18 Å². The molecule has 0 bridgehead atoms. The van der Waals surface area contributed by atoms with Gasteiger partial charge in [0, 0.05) is 15.8 Å². The quantitative estimate of drug-likeness (QED) is 0.842. The Morgan fingerprint density at radius 3 is 1.76 bits per heavy atom. The molecule has 17 heavy (non-hydrogen) atoms. The van der Waals surface area contributed by atoms with Crippen molar-refractivity contribution >= 4 is 11.3 Å². The van der Waals surface area contributed by atoms with Crippen molar-refractivity contribution in [2.24, 2.45) is 5.73 Å². The van der Waals surface area contributed by atoms with Crippen LogP contribution in [0.5, 0.6) is 0 Å². The van der Waals surface area contributed by atoms with E-state index in [1.165, 1.54) is 0 Å². The summed E-state index contributed by atoms with van der Waals surface area (Å²) in [5.74, 6) is 0. The zero-order valence-corrected chi connectivity index (χ0v) is 11.4. The predicted octanol–water partition coefficient (Wildman–Crippen LogP) is 3.65. The van der Waals surface area contributed by atoms with Gasteiger partial charge in [0.15, 0.2) is 5.01 Å². The molecule has 0 atom stereocenters. The van der Waals surface area contributed by atoms with Crippen molar-refractivity contribution in [3.05, 3.63) is 15.6 Å². The molecule has 6 heteroatoms. The van der Waals surface area contributed by atoms with Crippen LogP contribution in [0.25, 0.3) is 0 Å². The summed E-state index contributed by atoms with van der Waals surface area (Å²) in [6.45, 7) is 8.87. The molecule has 0 saturated carbocycles. The van der Waals surface area contributed by atoms with E-state index in [2.05, 4.69) is 4.98 Å². The first-order valence-corrected chi connectivity index (χ1v) is 6.03. The number of aromatic nitrogens is 1. The van der Waals surface area contributed by atoms with Crippen LogP contribution in [-0.4, -0.2) is 4.98 Å². The zero-order valence-electron chi connectivity index (χ0n) is 10.6. The van der Waals surface area contributed by atoms with E-state index in [1.54, 1.807) is 13.8 Å². The first-order valence-electron chi connectivity index (χ1n) is 5.21. The van der Waals surface area contributed by atoms with Crippen molar-refractivity contribution in [1.29, 1.82) is 0 Å². The van der Waals surface area contributed by atoms with Crippen molar-refractivity contribution in [3.63, 3.8) is 0 Å². The number of hydrogen-bond donors (Lipinski definition) is 1. The second-order valence-electron chi connectivity index (χ2n) is 5.67. The number of rotatable bonds is 1. The minimum absolute atomic E-state index is 0.433. The Labute approximate surface area is 103 Å². The highest BCUT2D eigenvalue weighted by Crippen LogP contribution is 2.41. The van der Waals surface area contributed by atoms with Gasteiger partial charge in [-0.3, -0.25) is 0 Å². The number of thiazole rings is 1. The number of alkyl halides is 3. The van der Waals surface area contributed by atoms with E-state index < -0.39 is 22.1 Å². The van der Waals surface area contributed by atoms with Crippen LogP contribution in [0.2, 0.25) is 0 Å². The van der Waals surface area contributed by atoms with E-state index in [1.807, 2.05) is 20.8 Å². The van der Waals surface area contributed by atoms with Gasteiger partial charge < -0.3 is 5.73 Å². The summed E-state index contributed by atoms with van der Waals surface area (Å²) >= 11 is 0.639. The fraction of sp³-hybridized carbons (Fsp3) is 0.727. The lowest BCUT2D eigenvalue weighted by Gasteiger charge is -2.24. The van der Waals surface area contributed by atoms with Crippen molar-refractivity contribution < 1.29 is 13.2 Å². The van der Waals surface area contributed by atoms with Crippen LogP contribution in [0.3, 0.4) is 0 Å². The lowest BCUT2D eigenvalue weighted by molar-refractivity contribution is -0.137. The third-order valence-electron chi connectivity index (χ3n) is 2.17. The van der Waals surface area contributed by atoms with Crippen LogP contribution in [-0.2, 0) is 17.1 Å². The molecule has 0 unspecified atom stereocenters. The van der Waals surface area contributed by atoms with Crippen molar-refractivity contribution in [2.45, 2.75) is 51.7 Å². The third-order valence-corrected chi connectivity index (χ3v) is 3.60. The van der Waals surface area contributed by atoms with Crippen molar-refractivity contribution in [3.8, 4) is 0 Å². The highest BCUT2D eigenvalue weighted by Gasteiger charge is 2.39. The summed E-state index contributed by atoms with van der Waals surface area (Å²) in [6, 6.07) is 0. The Kier molecular flexibility index (Phi) is 3.35. The average Bonchev–Trinajstić information content (AvgIpc) is 2.42. The smallest absolute Gasteiger partial charge is 0.321 e. The van der Waals surface area contributed by atoms with E-state index in [0.717, 1.165) is 0 Å². The molecular formula is C11H17F3N2S. The molecule has 0 fully saturated rings. The molecule has 0 aliphatic heterocycles. The van der Waals surface area contributed by atoms with Crippen LogP contribution < -0.4 is 5.73 Å². The molecule has 98 valence electrons. The van der Waals surface area contributed by atoms with Crippen LogP contribution in [0.4, 0.5) is 13.2 Å². The molecule has 0 radical (unpaired) electrons. The topological polar surface area (TPSA) is 38.9 Å².